The number of rotatable bonds is 3. The Labute approximate surface area is 109 Å². The summed E-state index contributed by atoms with van der Waals surface area (Å²) in [4.78, 5) is 11.6. The molecule has 0 aromatic heterocycles. The highest BCUT2D eigenvalue weighted by Crippen LogP contribution is 2.09. The predicted molar refractivity (Wildman–Crippen MR) is 69.6 cm³/mol. The molecule has 1 amide bonds. The SMILES string of the molecule is O=C(N/N=C/c1ccc(F)cc1)c1ccc(O)cc1. The molecule has 2 N–H and O–H groups in total. The summed E-state index contributed by atoms with van der Waals surface area (Å²) in [7, 11) is 0. The molecule has 0 saturated carbocycles. The van der Waals surface area contributed by atoms with Gasteiger partial charge < -0.3 is 5.11 Å². The Bertz CT molecular complexity index is 592. The monoisotopic (exact) mass is 258 g/mol. The van der Waals surface area contributed by atoms with Gasteiger partial charge in [0.1, 0.15) is 11.6 Å². The lowest BCUT2D eigenvalue weighted by molar-refractivity contribution is 0.0955. The Morgan fingerprint density at radius 1 is 1.11 bits per heavy atom. The van der Waals surface area contributed by atoms with E-state index in [-0.39, 0.29) is 11.6 Å². The molecule has 2 rings (SSSR count). The molecule has 0 heterocycles. The van der Waals surface area contributed by atoms with Crippen molar-refractivity contribution >= 4 is 12.1 Å². The normalized spacial score (nSPS) is 10.6. The molecular weight excluding hydrogens is 247 g/mol. The molecule has 0 aliphatic heterocycles. The van der Waals surface area contributed by atoms with Crippen molar-refractivity contribution in [1.29, 1.82) is 0 Å². The van der Waals surface area contributed by atoms with Crippen LogP contribution < -0.4 is 5.43 Å². The van der Waals surface area contributed by atoms with E-state index in [1.165, 1.54) is 42.6 Å². The third-order valence-electron chi connectivity index (χ3n) is 2.38. The maximum atomic E-state index is 12.7. The average Bonchev–Trinajstić information content (AvgIpc) is 2.41. The largest absolute Gasteiger partial charge is 0.508 e. The fourth-order valence-corrected chi connectivity index (χ4v) is 1.39. The quantitative estimate of drug-likeness (QED) is 0.655. The van der Waals surface area contributed by atoms with E-state index in [1.54, 1.807) is 12.1 Å². The summed E-state index contributed by atoms with van der Waals surface area (Å²) >= 11 is 0. The number of nitrogens with zero attached hydrogens (tertiary/aromatic N) is 1. The highest BCUT2D eigenvalue weighted by molar-refractivity contribution is 5.94. The number of halogens is 1. The van der Waals surface area contributed by atoms with Crippen molar-refractivity contribution in [3.8, 4) is 5.75 Å². The molecule has 5 heteroatoms. The summed E-state index contributed by atoms with van der Waals surface area (Å²) in [6, 6.07) is 11.5. The zero-order chi connectivity index (χ0) is 13.7. The molecule has 0 bridgehead atoms. The summed E-state index contributed by atoms with van der Waals surface area (Å²) in [5.41, 5.74) is 3.39. The molecule has 0 unspecified atom stereocenters. The molecule has 4 nitrogen and oxygen atoms in total. The van der Waals surface area contributed by atoms with Crippen LogP contribution in [0.2, 0.25) is 0 Å². The van der Waals surface area contributed by atoms with E-state index >= 15 is 0 Å². The van der Waals surface area contributed by atoms with Gasteiger partial charge in [-0.15, -0.1) is 0 Å². The van der Waals surface area contributed by atoms with Crippen molar-refractivity contribution in [2.45, 2.75) is 0 Å². The maximum absolute atomic E-state index is 12.7. The number of phenols is 1. The minimum absolute atomic E-state index is 0.0892. The van der Waals surface area contributed by atoms with Gasteiger partial charge in [0, 0.05) is 5.56 Å². The molecule has 0 atom stereocenters. The molecule has 2 aromatic rings. The van der Waals surface area contributed by atoms with Gasteiger partial charge in [0.25, 0.3) is 5.91 Å². The summed E-state index contributed by atoms with van der Waals surface area (Å²) in [6.45, 7) is 0. The number of phenolic OH excluding ortho intramolecular Hbond substituents is 1. The van der Waals surface area contributed by atoms with Crippen LogP contribution in [0.5, 0.6) is 5.75 Å². The van der Waals surface area contributed by atoms with Crippen LogP contribution >= 0.6 is 0 Å². The minimum atomic E-state index is -0.390. The van der Waals surface area contributed by atoms with Gasteiger partial charge in [0.05, 0.1) is 6.21 Å². The van der Waals surface area contributed by atoms with Gasteiger partial charge in [0.15, 0.2) is 0 Å². The predicted octanol–water partition coefficient (Wildman–Crippen LogP) is 2.30. The van der Waals surface area contributed by atoms with Crippen molar-refractivity contribution in [3.05, 3.63) is 65.5 Å². The smallest absolute Gasteiger partial charge is 0.271 e. The van der Waals surface area contributed by atoms with E-state index in [2.05, 4.69) is 10.5 Å². The maximum Gasteiger partial charge on any atom is 0.271 e. The van der Waals surface area contributed by atoms with Crippen molar-refractivity contribution in [3.63, 3.8) is 0 Å². The van der Waals surface area contributed by atoms with Crippen LogP contribution in [-0.2, 0) is 0 Å². The van der Waals surface area contributed by atoms with Gasteiger partial charge >= 0.3 is 0 Å². The average molecular weight is 258 g/mol. The fourth-order valence-electron chi connectivity index (χ4n) is 1.39. The van der Waals surface area contributed by atoms with Gasteiger partial charge in [-0.2, -0.15) is 5.10 Å². The molecule has 2 aromatic carbocycles. The van der Waals surface area contributed by atoms with Crippen molar-refractivity contribution in [2.24, 2.45) is 5.10 Å². The molecule has 0 spiro atoms. The first-order chi connectivity index (χ1) is 9.15. The number of aromatic hydroxyl groups is 1. The summed E-state index contributed by atoms with van der Waals surface area (Å²) < 4.78 is 12.7. The first-order valence-corrected chi connectivity index (χ1v) is 5.53. The Morgan fingerprint density at radius 2 is 1.74 bits per heavy atom. The van der Waals surface area contributed by atoms with Crippen LogP contribution in [0, 0.1) is 5.82 Å². The first kappa shape index (κ1) is 12.8. The van der Waals surface area contributed by atoms with E-state index in [4.69, 9.17) is 5.11 Å². The van der Waals surface area contributed by atoms with Gasteiger partial charge in [-0.3, -0.25) is 4.79 Å². The van der Waals surface area contributed by atoms with E-state index in [0.717, 1.165) is 0 Å². The Morgan fingerprint density at radius 3 is 2.37 bits per heavy atom. The second-order valence-corrected chi connectivity index (χ2v) is 3.80. The minimum Gasteiger partial charge on any atom is -0.508 e. The first-order valence-electron chi connectivity index (χ1n) is 5.53. The number of hydrogen-bond donors (Lipinski definition) is 2. The van der Waals surface area contributed by atoms with Crippen molar-refractivity contribution < 1.29 is 14.3 Å². The molecule has 0 fully saturated rings. The molecular formula is C14H11FN2O2. The standard InChI is InChI=1S/C14H11FN2O2/c15-12-5-1-10(2-6-12)9-16-17-14(19)11-3-7-13(18)8-4-11/h1-9,18H,(H,17,19)/b16-9+. The number of amides is 1. The van der Waals surface area contributed by atoms with Crippen LogP contribution in [0.25, 0.3) is 0 Å². The van der Waals surface area contributed by atoms with Gasteiger partial charge in [-0.25, -0.2) is 9.82 Å². The van der Waals surface area contributed by atoms with Crippen LogP contribution in [0.1, 0.15) is 15.9 Å². The Kier molecular flexibility index (Phi) is 3.87. The molecule has 0 aliphatic carbocycles. The highest BCUT2D eigenvalue weighted by atomic mass is 19.1. The fraction of sp³-hybridized carbons (Fsp3) is 0. The molecule has 0 radical (unpaired) electrons. The van der Waals surface area contributed by atoms with E-state index in [0.29, 0.717) is 11.1 Å². The highest BCUT2D eigenvalue weighted by Gasteiger charge is 2.02. The zero-order valence-corrected chi connectivity index (χ0v) is 9.88. The van der Waals surface area contributed by atoms with Crippen molar-refractivity contribution in [1.82, 2.24) is 5.43 Å². The second kappa shape index (κ2) is 5.77. The number of benzene rings is 2. The lowest BCUT2D eigenvalue weighted by Crippen LogP contribution is -2.17. The van der Waals surface area contributed by atoms with Gasteiger partial charge in [-0.1, -0.05) is 12.1 Å². The van der Waals surface area contributed by atoms with Crippen LogP contribution in [0.3, 0.4) is 0 Å². The molecule has 96 valence electrons. The second-order valence-electron chi connectivity index (χ2n) is 3.80. The zero-order valence-electron chi connectivity index (χ0n) is 9.88. The number of hydrazone groups is 1. The third kappa shape index (κ3) is 3.64. The Hall–Kier alpha value is -2.69. The summed E-state index contributed by atoms with van der Waals surface area (Å²) in [5, 5.41) is 12.9. The molecule has 0 saturated heterocycles. The van der Waals surface area contributed by atoms with Crippen LogP contribution in [0.15, 0.2) is 53.6 Å². The van der Waals surface area contributed by atoms with Crippen LogP contribution in [-0.4, -0.2) is 17.2 Å². The van der Waals surface area contributed by atoms with E-state index < -0.39 is 5.91 Å². The van der Waals surface area contributed by atoms with E-state index in [1.807, 2.05) is 0 Å². The number of hydrogen-bond acceptors (Lipinski definition) is 3. The number of carbonyl (C=O) groups is 1. The van der Waals surface area contributed by atoms with Gasteiger partial charge in [-0.05, 0) is 42.0 Å². The summed E-state index contributed by atoms with van der Waals surface area (Å²) in [5.74, 6) is -0.630. The van der Waals surface area contributed by atoms with E-state index in [9.17, 15) is 9.18 Å². The van der Waals surface area contributed by atoms with Crippen LogP contribution in [0.4, 0.5) is 4.39 Å². The molecule has 19 heavy (non-hydrogen) atoms. The lowest BCUT2D eigenvalue weighted by Gasteiger charge is -1.99. The van der Waals surface area contributed by atoms with Gasteiger partial charge in [0.2, 0.25) is 0 Å². The summed E-state index contributed by atoms with van der Waals surface area (Å²) in [6.07, 6.45) is 1.41. The third-order valence-corrected chi connectivity index (χ3v) is 2.38. The van der Waals surface area contributed by atoms with Crippen molar-refractivity contribution in [2.75, 3.05) is 0 Å². The topological polar surface area (TPSA) is 61.7 Å². The lowest BCUT2D eigenvalue weighted by atomic mass is 10.2. The number of carbonyl (C=O) groups excluding carboxylic acids is 1. The molecule has 0 aliphatic rings. The number of nitrogens with one attached hydrogen (secondary N) is 1. The Balaban J connectivity index is 1.96.